The van der Waals surface area contributed by atoms with Crippen LogP contribution in [0.3, 0.4) is 0 Å². The van der Waals surface area contributed by atoms with Crippen LogP contribution in [-0.2, 0) is 16.0 Å². The Morgan fingerprint density at radius 2 is 1.88 bits per heavy atom. The molecule has 1 saturated heterocycles. The van der Waals surface area contributed by atoms with Gasteiger partial charge in [-0.15, -0.1) is 0 Å². The van der Waals surface area contributed by atoms with E-state index in [4.69, 9.17) is 9.47 Å². The van der Waals surface area contributed by atoms with E-state index in [2.05, 4.69) is 21.1 Å². The van der Waals surface area contributed by atoms with Gasteiger partial charge >= 0.3 is 0 Å². The van der Waals surface area contributed by atoms with Crippen molar-refractivity contribution in [2.45, 2.75) is 32.1 Å². The minimum atomic E-state index is -0.291. The Kier molecular flexibility index (Phi) is 6.51. The molecule has 1 aliphatic rings. The summed E-state index contributed by atoms with van der Waals surface area (Å²) in [7, 11) is 0. The van der Waals surface area contributed by atoms with Gasteiger partial charge in [0.05, 0.1) is 25.0 Å². The second kappa shape index (κ2) is 10.0. The van der Waals surface area contributed by atoms with E-state index in [0.717, 1.165) is 48.1 Å². The summed E-state index contributed by atoms with van der Waals surface area (Å²) in [5, 5.41) is 4.46. The van der Waals surface area contributed by atoms with Crippen LogP contribution in [0.5, 0.6) is 0 Å². The quantitative estimate of drug-likeness (QED) is 0.384. The first-order valence-electron chi connectivity index (χ1n) is 11.2. The molecule has 0 aliphatic carbocycles. The molecule has 5 rings (SSSR count). The van der Waals surface area contributed by atoms with Crippen molar-refractivity contribution < 1.29 is 13.9 Å². The SMILES string of the molecule is Fc1ccccc1-c1cc(-c2cncc(-c3cnn(CCOC4CCCCO4)c3)c2)ccn1. The van der Waals surface area contributed by atoms with Gasteiger partial charge in [-0.25, -0.2) is 4.39 Å². The fourth-order valence-electron chi connectivity index (χ4n) is 3.94. The smallest absolute Gasteiger partial charge is 0.157 e. The molecule has 33 heavy (non-hydrogen) atoms. The van der Waals surface area contributed by atoms with Crippen molar-refractivity contribution in [1.29, 1.82) is 0 Å². The van der Waals surface area contributed by atoms with Crippen molar-refractivity contribution in [3.05, 3.63) is 79.3 Å². The van der Waals surface area contributed by atoms with Crippen LogP contribution in [0.25, 0.3) is 33.5 Å². The van der Waals surface area contributed by atoms with Crippen molar-refractivity contribution in [3.8, 4) is 33.5 Å². The van der Waals surface area contributed by atoms with E-state index < -0.39 is 0 Å². The molecular weight excluding hydrogens is 419 g/mol. The summed E-state index contributed by atoms with van der Waals surface area (Å²) in [6.45, 7) is 1.99. The van der Waals surface area contributed by atoms with Crippen LogP contribution in [0.2, 0.25) is 0 Å². The molecule has 1 aromatic carbocycles. The molecule has 4 heterocycles. The third-order valence-corrected chi connectivity index (χ3v) is 5.71. The maximum Gasteiger partial charge on any atom is 0.157 e. The second-order valence-electron chi connectivity index (χ2n) is 8.03. The average molecular weight is 445 g/mol. The van der Waals surface area contributed by atoms with Crippen molar-refractivity contribution in [2.75, 3.05) is 13.2 Å². The predicted octanol–water partition coefficient (Wildman–Crippen LogP) is 5.36. The van der Waals surface area contributed by atoms with E-state index in [-0.39, 0.29) is 12.1 Å². The number of nitrogens with zero attached hydrogens (tertiary/aromatic N) is 4. The lowest BCUT2D eigenvalue weighted by molar-refractivity contribution is -0.163. The van der Waals surface area contributed by atoms with Crippen molar-refractivity contribution in [3.63, 3.8) is 0 Å². The topological polar surface area (TPSA) is 62.1 Å². The number of halogens is 1. The van der Waals surface area contributed by atoms with E-state index in [1.807, 2.05) is 35.4 Å². The highest BCUT2D eigenvalue weighted by molar-refractivity contribution is 5.74. The van der Waals surface area contributed by atoms with Crippen LogP contribution in [0.4, 0.5) is 4.39 Å². The molecular formula is C26H25FN4O2. The lowest BCUT2D eigenvalue weighted by Gasteiger charge is -2.22. The number of rotatable bonds is 7. The van der Waals surface area contributed by atoms with E-state index in [0.29, 0.717) is 24.4 Å². The summed E-state index contributed by atoms with van der Waals surface area (Å²) in [5.41, 5.74) is 4.85. The first-order chi connectivity index (χ1) is 16.3. The van der Waals surface area contributed by atoms with E-state index in [1.54, 1.807) is 30.6 Å². The second-order valence-corrected chi connectivity index (χ2v) is 8.03. The van der Waals surface area contributed by atoms with Gasteiger partial charge in [-0.05, 0) is 55.2 Å². The maximum absolute atomic E-state index is 14.2. The van der Waals surface area contributed by atoms with Gasteiger partial charge in [0.25, 0.3) is 0 Å². The molecule has 0 bridgehead atoms. The molecule has 7 heteroatoms. The molecule has 0 N–H and O–H groups in total. The molecule has 1 fully saturated rings. The first-order valence-corrected chi connectivity index (χ1v) is 11.2. The summed E-state index contributed by atoms with van der Waals surface area (Å²) in [4.78, 5) is 8.76. The average Bonchev–Trinajstić information content (AvgIpc) is 3.34. The van der Waals surface area contributed by atoms with E-state index in [9.17, 15) is 4.39 Å². The van der Waals surface area contributed by atoms with Gasteiger partial charge in [-0.1, -0.05) is 12.1 Å². The van der Waals surface area contributed by atoms with Crippen LogP contribution in [0.1, 0.15) is 19.3 Å². The standard InChI is InChI=1S/C26H25FN4O2/c27-24-6-2-1-5-23(24)25-14-19(8-9-29-25)20-13-21(16-28-15-20)22-17-30-31(18-22)10-12-33-26-7-3-4-11-32-26/h1-2,5-6,8-9,13-18,26H,3-4,7,10-12H2. The van der Waals surface area contributed by atoms with Crippen LogP contribution >= 0.6 is 0 Å². The van der Waals surface area contributed by atoms with Gasteiger partial charge in [0.2, 0.25) is 0 Å². The summed E-state index contributed by atoms with van der Waals surface area (Å²) in [6.07, 6.45) is 12.2. The molecule has 1 unspecified atom stereocenters. The fourth-order valence-corrected chi connectivity index (χ4v) is 3.94. The number of ether oxygens (including phenoxy) is 2. The zero-order chi connectivity index (χ0) is 22.5. The Morgan fingerprint density at radius 1 is 1.00 bits per heavy atom. The Hall–Kier alpha value is -3.42. The Balaban J connectivity index is 1.30. The predicted molar refractivity (Wildman–Crippen MR) is 124 cm³/mol. The summed E-state index contributed by atoms with van der Waals surface area (Å²) >= 11 is 0. The van der Waals surface area contributed by atoms with Gasteiger partial charge in [0, 0.05) is 53.6 Å². The summed E-state index contributed by atoms with van der Waals surface area (Å²) in [6, 6.07) is 12.5. The van der Waals surface area contributed by atoms with Crippen molar-refractivity contribution >= 4 is 0 Å². The van der Waals surface area contributed by atoms with Crippen LogP contribution in [-0.4, -0.2) is 39.3 Å². The number of hydrogen-bond donors (Lipinski definition) is 0. The van der Waals surface area contributed by atoms with Gasteiger partial charge in [0.15, 0.2) is 6.29 Å². The molecule has 0 radical (unpaired) electrons. The first kappa shape index (κ1) is 21.4. The van der Waals surface area contributed by atoms with E-state index >= 15 is 0 Å². The molecule has 1 aliphatic heterocycles. The lowest BCUT2D eigenvalue weighted by Crippen LogP contribution is -2.24. The van der Waals surface area contributed by atoms with Crippen LogP contribution in [0.15, 0.2) is 73.4 Å². The molecule has 1 atom stereocenters. The largest absolute Gasteiger partial charge is 0.353 e. The van der Waals surface area contributed by atoms with Gasteiger partial charge in [0.1, 0.15) is 5.82 Å². The number of hydrogen-bond acceptors (Lipinski definition) is 5. The third kappa shape index (κ3) is 5.16. The Labute approximate surface area is 192 Å². The number of aromatic nitrogens is 4. The highest BCUT2D eigenvalue weighted by Gasteiger charge is 2.14. The summed E-state index contributed by atoms with van der Waals surface area (Å²) < 4.78 is 27.5. The zero-order valence-electron chi connectivity index (χ0n) is 18.2. The third-order valence-electron chi connectivity index (χ3n) is 5.71. The molecule has 0 amide bonds. The molecule has 0 spiro atoms. The highest BCUT2D eigenvalue weighted by Crippen LogP contribution is 2.28. The van der Waals surface area contributed by atoms with Crippen LogP contribution in [0, 0.1) is 5.82 Å². The van der Waals surface area contributed by atoms with Crippen LogP contribution < -0.4 is 0 Å². The van der Waals surface area contributed by atoms with Crippen molar-refractivity contribution in [1.82, 2.24) is 19.7 Å². The van der Waals surface area contributed by atoms with Gasteiger partial charge in [-0.2, -0.15) is 5.10 Å². The zero-order valence-corrected chi connectivity index (χ0v) is 18.2. The van der Waals surface area contributed by atoms with Gasteiger partial charge < -0.3 is 9.47 Å². The molecule has 168 valence electrons. The number of benzene rings is 1. The molecule has 0 saturated carbocycles. The minimum Gasteiger partial charge on any atom is -0.353 e. The maximum atomic E-state index is 14.2. The molecule has 3 aromatic heterocycles. The minimum absolute atomic E-state index is 0.0933. The highest BCUT2D eigenvalue weighted by atomic mass is 19.1. The van der Waals surface area contributed by atoms with E-state index in [1.165, 1.54) is 6.07 Å². The lowest BCUT2D eigenvalue weighted by atomic mass is 10.0. The Bertz CT molecular complexity index is 1220. The van der Waals surface area contributed by atoms with Crippen molar-refractivity contribution in [2.24, 2.45) is 0 Å². The molecule has 4 aromatic rings. The molecule has 6 nitrogen and oxygen atoms in total. The normalized spacial score (nSPS) is 16.1. The van der Waals surface area contributed by atoms with Gasteiger partial charge in [-0.3, -0.25) is 14.6 Å². The summed E-state index contributed by atoms with van der Waals surface area (Å²) in [5.74, 6) is -0.291. The fraction of sp³-hybridized carbons (Fsp3) is 0.269. The number of pyridine rings is 2. The monoisotopic (exact) mass is 444 g/mol. The Morgan fingerprint density at radius 3 is 2.73 bits per heavy atom.